The second kappa shape index (κ2) is 12.5. The van der Waals surface area contributed by atoms with Gasteiger partial charge in [-0.25, -0.2) is 0 Å². The van der Waals surface area contributed by atoms with Crippen molar-refractivity contribution in [2.45, 2.75) is 137 Å². The molecular weight excluding hydrogens is 829 g/mol. The quantitative estimate of drug-likeness (QED) is 0.0808. The van der Waals surface area contributed by atoms with Crippen molar-refractivity contribution in [3.63, 3.8) is 0 Å². The molecule has 0 bridgehead atoms. The highest BCUT2D eigenvalue weighted by molar-refractivity contribution is 6.61. The lowest BCUT2D eigenvalue weighted by Crippen LogP contribution is -2.14. The fourth-order valence-corrected chi connectivity index (χ4v) is 13.2. The Bertz CT molecular complexity index is 4280. The standard InChI is InChI=1S/C69H62/c1-65(2,3)36-24-43-41-22-35(21-20-34-18-16-17-19-34)23-42-44-25-37(66(4,5)6)27-46-48-29-39(68(10,11)12)31-50-52-33-40(69(13,14)15)32-51-49-30-38(67(7,8)9)28-47-45(26-36)54(43)60-59(53(41)42)61(55(44)46)63(57(48)50)64(58(51)52)62(60)56(47)49/h16-18,22-33H,19H2,1-15H3. The second-order valence-electron chi connectivity index (χ2n) is 26.8. The summed E-state index contributed by atoms with van der Waals surface area (Å²) in [6.07, 6.45) is 7.44. The van der Waals surface area contributed by atoms with Crippen LogP contribution in [0.15, 0.2) is 96.6 Å². The molecule has 0 fully saturated rings. The van der Waals surface area contributed by atoms with Gasteiger partial charge in [0, 0.05) is 11.1 Å². The molecule has 0 N–H and O–H groups in total. The minimum Gasteiger partial charge on any atom is -0.0794 e. The SMILES string of the molecule is CC(C)(C)c1cc2c3cc(C#CC4=CC=CC4)cc4c5cc(C(C)(C)C)cc6c7cc(C(C)(C)C)cc8c9cc(C(C)(C)C)cc%10c%11cc(C(C)(C)C)cc%12c(c1)c2c1c(c34)c(c56)c(c78)c(c%109)c1c%12%11. The molecule has 1 aliphatic carbocycles. The summed E-state index contributed by atoms with van der Waals surface area (Å²) in [6.45, 7) is 36.0. The molecule has 0 aromatic heterocycles. The van der Waals surface area contributed by atoms with E-state index in [0.29, 0.717) is 0 Å². The van der Waals surface area contributed by atoms with Crippen LogP contribution >= 0.6 is 0 Å². The lowest BCUT2D eigenvalue weighted by molar-refractivity contribution is 0.591. The molecule has 0 radical (unpaired) electrons. The van der Waals surface area contributed by atoms with E-state index in [9.17, 15) is 0 Å². The Kier molecular flexibility index (Phi) is 7.51. The van der Waals surface area contributed by atoms with Gasteiger partial charge in [0.1, 0.15) is 0 Å². The van der Waals surface area contributed by atoms with Gasteiger partial charge in [0.25, 0.3) is 0 Å². The van der Waals surface area contributed by atoms with Gasteiger partial charge in [-0.3, -0.25) is 0 Å². The van der Waals surface area contributed by atoms with Crippen LogP contribution < -0.4 is 0 Å². The van der Waals surface area contributed by atoms with Gasteiger partial charge in [-0.1, -0.05) is 134 Å². The largest absolute Gasteiger partial charge is 0.0794 e. The van der Waals surface area contributed by atoms with Crippen molar-refractivity contribution in [1.29, 1.82) is 0 Å². The van der Waals surface area contributed by atoms with Crippen LogP contribution in [0.3, 0.4) is 0 Å². The summed E-state index contributed by atoms with van der Waals surface area (Å²) in [5.74, 6) is 7.40. The highest BCUT2D eigenvalue weighted by Crippen LogP contribution is 2.62. The lowest BCUT2D eigenvalue weighted by atomic mass is 9.70. The van der Waals surface area contributed by atoms with Crippen LogP contribution in [0.2, 0.25) is 0 Å². The molecule has 13 aromatic carbocycles. The Morgan fingerprint density at radius 3 is 0.681 bits per heavy atom. The van der Waals surface area contributed by atoms with Crippen molar-refractivity contribution in [2.24, 2.45) is 0 Å². The van der Waals surface area contributed by atoms with E-state index in [4.69, 9.17) is 0 Å². The monoisotopic (exact) mass is 890 g/mol. The number of hydrogen-bond donors (Lipinski definition) is 0. The van der Waals surface area contributed by atoms with Crippen LogP contribution in [0.5, 0.6) is 0 Å². The first kappa shape index (κ1) is 41.5. The van der Waals surface area contributed by atoms with E-state index < -0.39 is 0 Å². The maximum absolute atomic E-state index is 3.77. The predicted octanol–water partition coefficient (Wildman–Crippen LogP) is 19.9. The summed E-state index contributed by atoms with van der Waals surface area (Å²) in [7, 11) is 0. The topological polar surface area (TPSA) is 0 Å². The van der Waals surface area contributed by atoms with Gasteiger partial charge in [0.2, 0.25) is 0 Å². The van der Waals surface area contributed by atoms with Gasteiger partial charge in [0.15, 0.2) is 0 Å². The van der Waals surface area contributed by atoms with Crippen molar-refractivity contribution in [3.8, 4) is 11.8 Å². The van der Waals surface area contributed by atoms with E-state index in [-0.39, 0.29) is 27.1 Å². The molecule has 0 spiro atoms. The molecule has 0 aliphatic heterocycles. The van der Waals surface area contributed by atoms with Crippen LogP contribution in [0.25, 0.3) is 129 Å². The zero-order valence-electron chi connectivity index (χ0n) is 43.4. The maximum Gasteiger partial charge on any atom is 0.0261 e. The zero-order chi connectivity index (χ0) is 48.1. The molecule has 69 heavy (non-hydrogen) atoms. The van der Waals surface area contributed by atoms with E-state index in [1.165, 1.54) is 163 Å². The summed E-state index contributed by atoms with van der Waals surface area (Å²) in [5, 5.41) is 33.8. The minimum absolute atomic E-state index is 0.0577. The van der Waals surface area contributed by atoms with Crippen LogP contribution in [0, 0.1) is 11.8 Å². The Morgan fingerprint density at radius 2 is 0.493 bits per heavy atom. The third-order valence-corrected chi connectivity index (χ3v) is 17.0. The van der Waals surface area contributed by atoms with E-state index in [1.54, 1.807) is 0 Å². The van der Waals surface area contributed by atoms with Crippen molar-refractivity contribution < 1.29 is 0 Å². The number of allylic oxidation sites excluding steroid dienone is 4. The van der Waals surface area contributed by atoms with Crippen LogP contribution in [-0.4, -0.2) is 0 Å². The smallest absolute Gasteiger partial charge is 0.0261 e. The summed E-state index contributed by atoms with van der Waals surface area (Å²) in [4.78, 5) is 0. The highest BCUT2D eigenvalue weighted by atomic mass is 14.4. The van der Waals surface area contributed by atoms with Gasteiger partial charge >= 0.3 is 0 Å². The van der Waals surface area contributed by atoms with Gasteiger partial charge in [0.05, 0.1) is 0 Å². The Hall–Kier alpha value is -6.42. The molecule has 0 heteroatoms. The van der Waals surface area contributed by atoms with Crippen LogP contribution in [0.4, 0.5) is 0 Å². The summed E-state index contributed by atoms with van der Waals surface area (Å²) < 4.78 is 0. The molecule has 0 unspecified atom stereocenters. The fourth-order valence-electron chi connectivity index (χ4n) is 13.2. The summed E-state index contributed by atoms with van der Waals surface area (Å²) >= 11 is 0. The third-order valence-electron chi connectivity index (χ3n) is 17.0. The molecule has 13 aromatic rings. The predicted molar refractivity (Wildman–Crippen MR) is 306 cm³/mol. The molecule has 14 rings (SSSR count). The summed E-state index contributed by atoms with van der Waals surface area (Å²) in [5.41, 5.74) is 8.85. The second-order valence-corrected chi connectivity index (χ2v) is 26.8. The van der Waals surface area contributed by atoms with Crippen molar-refractivity contribution >= 4 is 129 Å². The Balaban J connectivity index is 1.41. The van der Waals surface area contributed by atoms with Crippen molar-refractivity contribution in [2.75, 3.05) is 0 Å². The van der Waals surface area contributed by atoms with E-state index in [1.807, 2.05) is 0 Å². The third kappa shape index (κ3) is 5.27. The molecule has 1 aliphatic rings. The molecule has 0 atom stereocenters. The van der Waals surface area contributed by atoms with Gasteiger partial charge in [-0.05, 0) is 263 Å². The van der Waals surface area contributed by atoms with Gasteiger partial charge in [-0.15, -0.1) is 0 Å². The van der Waals surface area contributed by atoms with Crippen molar-refractivity contribution in [3.05, 3.63) is 130 Å². The van der Waals surface area contributed by atoms with Gasteiger partial charge < -0.3 is 0 Å². The molecule has 0 nitrogen and oxygen atoms in total. The number of fused-ring (bicyclic) bond motifs is 6. The molecular formula is C69H62. The molecule has 338 valence electrons. The van der Waals surface area contributed by atoms with E-state index in [2.05, 4.69) is 207 Å². The normalized spacial score (nSPS) is 15.0. The summed E-state index contributed by atoms with van der Waals surface area (Å²) in [6, 6.07) is 31.0. The van der Waals surface area contributed by atoms with Crippen molar-refractivity contribution in [1.82, 2.24) is 0 Å². The first-order chi connectivity index (χ1) is 32.4. The molecule has 0 saturated heterocycles. The maximum atomic E-state index is 3.77. The fraction of sp³-hybridized carbons (Fsp3) is 0.304. The van der Waals surface area contributed by atoms with E-state index >= 15 is 0 Å². The minimum atomic E-state index is -0.0761. The first-order valence-electron chi connectivity index (χ1n) is 25.6. The molecule has 0 heterocycles. The zero-order valence-corrected chi connectivity index (χ0v) is 43.4. The van der Waals surface area contributed by atoms with Crippen LogP contribution in [-0.2, 0) is 27.1 Å². The first-order valence-corrected chi connectivity index (χ1v) is 25.6. The Labute approximate surface area is 406 Å². The molecule has 0 saturated carbocycles. The average molecular weight is 891 g/mol. The average Bonchev–Trinajstić information content (AvgIpc) is 3.80. The highest BCUT2D eigenvalue weighted by Gasteiger charge is 2.35. The number of rotatable bonds is 0. The Morgan fingerprint density at radius 1 is 0.275 bits per heavy atom. The molecule has 0 amide bonds. The van der Waals surface area contributed by atoms with E-state index in [0.717, 1.165) is 12.0 Å². The van der Waals surface area contributed by atoms with Crippen LogP contribution in [0.1, 0.15) is 144 Å². The number of benzene rings is 13. The lowest BCUT2D eigenvalue weighted by Gasteiger charge is -2.32. The number of hydrogen-bond acceptors (Lipinski definition) is 0. The van der Waals surface area contributed by atoms with Gasteiger partial charge in [-0.2, -0.15) is 0 Å².